The fourth-order valence-corrected chi connectivity index (χ4v) is 10.3. The minimum Gasteiger partial charge on any atom is -0.0905 e. The fourth-order valence-electron chi connectivity index (χ4n) is 10.3. The lowest BCUT2D eigenvalue weighted by Gasteiger charge is -2.25. The van der Waals surface area contributed by atoms with Crippen molar-refractivity contribution in [1.82, 2.24) is 0 Å². The van der Waals surface area contributed by atoms with Gasteiger partial charge in [-0.1, -0.05) is 254 Å². The smallest absolute Gasteiger partial charge is 0.00144 e. The van der Waals surface area contributed by atoms with Crippen LogP contribution in [-0.4, -0.2) is 0 Å². The Kier molecular flexibility index (Phi) is 16.5. The molecule has 0 saturated carbocycles. The van der Waals surface area contributed by atoms with Crippen molar-refractivity contribution >= 4 is 34.6 Å². The van der Waals surface area contributed by atoms with Gasteiger partial charge in [-0.15, -0.1) is 0 Å². The van der Waals surface area contributed by atoms with Crippen molar-refractivity contribution in [2.75, 3.05) is 0 Å². The van der Waals surface area contributed by atoms with Gasteiger partial charge in [0.15, 0.2) is 0 Å². The molecular formula is C71H68. The molecule has 0 heteroatoms. The van der Waals surface area contributed by atoms with E-state index in [0.717, 1.165) is 30.9 Å². The molecule has 0 radical (unpaired) electrons. The van der Waals surface area contributed by atoms with Crippen molar-refractivity contribution in [3.8, 4) is 55.6 Å². The van der Waals surface area contributed by atoms with Gasteiger partial charge in [-0.3, -0.25) is 0 Å². The Morgan fingerprint density at radius 2 is 1.01 bits per heavy atom. The molecule has 0 heterocycles. The summed E-state index contributed by atoms with van der Waals surface area (Å²) in [5.74, 6) is 0. The molecule has 71 heavy (non-hydrogen) atoms. The summed E-state index contributed by atoms with van der Waals surface area (Å²) in [5, 5.41) is 4.80. The molecule has 352 valence electrons. The fraction of sp³-hybridized carbons (Fsp3) is 0.155. The highest BCUT2D eigenvalue weighted by Gasteiger charge is 2.25. The third kappa shape index (κ3) is 10.3. The first-order valence-electron chi connectivity index (χ1n) is 26.1. The maximum Gasteiger partial charge on any atom is -0.00144 e. The van der Waals surface area contributed by atoms with E-state index in [1.165, 1.54) is 116 Å². The summed E-state index contributed by atoms with van der Waals surface area (Å²) >= 11 is 0. The van der Waals surface area contributed by atoms with Gasteiger partial charge in [0, 0.05) is 0 Å². The third-order valence-corrected chi connectivity index (χ3v) is 13.5. The standard InChI is InChI=1S/C65H50.3C2H6/c1-44-56-35-17-15-23-47(56)37-39-58(44)62(59-40-38-48-24-16-18-36-57(48)45(59)2)55-34-20-32-53(42-55)52-31-19-33-54(41-52)61-43-60(46-21-7-3-8-22-46)63(49-25-9-4-10-26-49)65(51-29-13-6-14-30-51)64(61)50-27-11-5-12-28-50;3*1-2/h3-4,6-11,13-14,16-22,24-43H,1,5,12,15,23H2,2H3;3*1-2H3/b62-58-;;;. The molecule has 0 unspecified atom stereocenters. The molecule has 9 aromatic rings. The first-order chi connectivity index (χ1) is 35.1. The zero-order valence-electron chi connectivity index (χ0n) is 42.9. The Morgan fingerprint density at radius 1 is 0.437 bits per heavy atom. The first kappa shape index (κ1) is 49.6. The predicted octanol–water partition coefficient (Wildman–Crippen LogP) is 18.9. The second-order valence-electron chi connectivity index (χ2n) is 17.4. The molecule has 0 aliphatic heterocycles. The molecule has 0 fully saturated rings. The van der Waals surface area contributed by atoms with Gasteiger partial charge in [-0.2, -0.15) is 0 Å². The molecule has 9 aromatic carbocycles. The molecule has 0 bridgehead atoms. The van der Waals surface area contributed by atoms with Crippen LogP contribution in [0.4, 0.5) is 0 Å². The Labute approximate surface area is 424 Å². The monoisotopic (exact) mass is 921 g/mol. The van der Waals surface area contributed by atoms with Crippen molar-refractivity contribution in [2.24, 2.45) is 0 Å². The minimum absolute atomic E-state index is 1.01. The number of fused-ring (bicyclic) bond motifs is 2. The Morgan fingerprint density at radius 3 is 1.70 bits per heavy atom. The van der Waals surface area contributed by atoms with Crippen LogP contribution in [0.3, 0.4) is 0 Å². The van der Waals surface area contributed by atoms with E-state index in [1.807, 2.05) is 41.5 Å². The minimum atomic E-state index is 1.01. The van der Waals surface area contributed by atoms with Crippen LogP contribution in [-0.2, 0) is 6.42 Å². The topological polar surface area (TPSA) is 0 Å². The van der Waals surface area contributed by atoms with Crippen molar-refractivity contribution < 1.29 is 0 Å². The van der Waals surface area contributed by atoms with Crippen LogP contribution < -0.4 is 10.4 Å². The highest BCUT2D eigenvalue weighted by atomic mass is 14.3. The Balaban J connectivity index is 0.00000109. The second kappa shape index (κ2) is 23.7. The van der Waals surface area contributed by atoms with Gasteiger partial charge < -0.3 is 0 Å². The van der Waals surface area contributed by atoms with E-state index in [2.05, 4.69) is 231 Å². The zero-order valence-corrected chi connectivity index (χ0v) is 42.9. The number of allylic oxidation sites excluding steroid dienone is 5. The summed E-state index contributed by atoms with van der Waals surface area (Å²) in [6.45, 7) is 19.0. The highest BCUT2D eigenvalue weighted by Crippen LogP contribution is 2.49. The third-order valence-electron chi connectivity index (χ3n) is 13.5. The van der Waals surface area contributed by atoms with E-state index in [0.29, 0.717) is 0 Å². The molecule has 0 atom stereocenters. The molecule has 11 rings (SSSR count). The van der Waals surface area contributed by atoms with Gasteiger partial charge in [0.05, 0.1) is 0 Å². The van der Waals surface area contributed by atoms with Crippen molar-refractivity contribution in [3.63, 3.8) is 0 Å². The first-order valence-corrected chi connectivity index (χ1v) is 26.1. The van der Waals surface area contributed by atoms with E-state index in [4.69, 9.17) is 6.58 Å². The van der Waals surface area contributed by atoms with E-state index < -0.39 is 0 Å². The van der Waals surface area contributed by atoms with Gasteiger partial charge in [0.2, 0.25) is 0 Å². The molecule has 2 aliphatic rings. The largest absolute Gasteiger partial charge is 0.0905 e. The Hall–Kier alpha value is -7.80. The average Bonchev–Trinajstić information content (AvgIpc) is 3.46. The van der Waals surface area contributed by atoms with Crippen LogP contribution in [0.5, 0.6) is 0 Å². The molecule has 0 N–H and O–H groups in total. The second-order valence-corrected chi connectivity index (χ2v) is 17.4. The number of aryl methyl sites for hydroxylation is 2. The summed E-state index contributed by atoms with van der Waals surface area (Å²) in [6, 6.07) is 71.8. The van der Waals surface area contributed by atoms with Crippen LogP contribution >= 0.6 is 0 Å². The lowest BCUT2D eigenvalue weighted by Crippen LogP contribution is -2.31. The summed E-state index contributed by atoms with van der Waals surface area (Å²) in [5.41, 5.74) is 22.2. The van der Waals surface area contributed by atoms with Crippen LogP contribution in [0.15, 0.2) is 218 Å². The molecule has 2 aliphatic carbocycles. The van der Waals surface area contributed by atoms with E-state index in [-0.39, 0.29) is 0 Å². The summed E-state index contributed by atoms with van der Waals surface area (Å²) in [4.78, 5) is 0. The zero-order chi connectivity index (χ0) is 49.7. The molecule has 0 amide bonds. The maximum absolute atomic E-state index is 4.77. The molecular weight excluding hydrogens is 853 g/mol. The van der Waals surface area contributed by atoms with E-state index in [1.54, 1.807) is 0 Å². The van der Waals surface area contributed by atoms with E-state index in [9.17, 15) is 0 Å². The summed E-state index contributed by atoms with van der Waals surface area (Å²) in [7, 11) is 0. The van der Waals surface area contributed by atoms with Crippen molar-refractivity contribution in [2.45, 2.75) is 74.1 Å². The van der Waals surface area contributed by atoms with Crippen LogP contribution in [0.1, 0.15) is 94.2 Å². The predicted molar refractivity (Wildman–Crippen MR) is 313 cm³/mol. The number of rotatable bonds is 8. The summed E-state index contributed by atoms with van der Waals surface area (Å²) < 4.78 is 0. The average molecular weight is 921 g/mol. The van der Waals surface area contributed by atoms with Crippen LogP contribution in [0, 0.1) is 6.92 Å². The lowest BCUT2D eigenvalue weighted by molar-refractivity contribution is 0.980. The van der Waals surface area contributed by atoms with Crippen molar-refractivity contribution in [1.29, 1.82) is 0 Å². The van der Waals surface area contributed by atoms with Gasteiger partial charge in [-0.05, 0) is 172 Å². The van der Waals surface area contributed by atoms with Gasteiger partial charge in [0.1, 0.15) is 0 Å². The molecule has 0 aromatic heterocycles. The lowest BCUT2D eigenvalue weighted by atomic mass is 9.78. The maximum atomic E-state index is 4.77. The van der Waals surface area contributed by atoms with Crippen LogP contribution in [0.25, 0.3) is 90.2 Å². The van der Waals surface area contributed by atoms with Crippen molar-refractivity contribution in [3.05, 3.63) is 262 Å². The number of hydrogen-bond acceptors (Lipinski definition) is 0. The van der Waals surface area contributed by atoms with Gasteiger partial charge in [0.25, 0.3) is 0 Å². The molecule has 0 saturated heterocycles. The Bertz CT molecular complexity index is 3470. The molecule has 0 spiro atoms. The number of benzene rings is 9. The summed E-state index contributed by atoms with van der Waals surface area (Å²) in [6.07, 6.45) is 15.9. The number of hydrogen-bond donors (Lipinski definition) is 0. The van der Waals surface area contributed by atoms with E-state index >= 15 is 0 Å². The van der Waals surface area contributed by atoms with Crippen LogP contribution in [0.2, 0.25) is 0 Å². The van der Waals surface area contributed by atoms with Gasteiger partial charge >= 0.3 is 0 Å². The quantitative estimate of drug-likeness (QED) is 0.142. The van der Waals surface area contributed by atoms with Gasteiger partial charge in [-0.25, -0.2) is 0 Å². The normalized spacial score (nSPS) is 12.7. The highest BCUT2D eigenvalue weighted by molar-refractivity contribution is 6.06. The molecule has 0 nitrogen and oxygen atoms in total. The SMILES string of the molecule is C=c1c2c(cc/c1=C(\c1cccc(-c3cccc(-c4cc(-c5ccccc5)c(-c5ccccc5)c(-c5ccccc5)c4C4=CCCC=C4)c3)c1)c1ccc3ccccc3c1C)CCC=C2.CC.CC.CC.